The van der Waals surface area contributed by atoms with Crippen LogP contribution in [-0.2, 0) is 14.8 Å². The van der Waals surface area contributed by atoms with Crippen LogP contribution < -0.4 is 4.31 Å². The Balaban J connectivity index is 1.76. The molecule has 0 saturated heterocycles. The molecule has 1 heterocycles. The number of fused-ring (bicyclic) bond motifs is 1. The minimum Gasteiger partial charge on any atom is -0.462 e. The standard InChI is InChI=1S/C33H28N2O8S/c1-5-42-33(37)30-27-19-26(15-16-28(27)43-31(30)23-9-7-6-8-10-23)34(32(36)24-11-13-25(14-12-24)35(38)39)44(40,41)29-18-21(3)20(2)17-22(29)4/h6-19H,5H2,1-4H3. The average Bonchev–Trinajstić information content (AvgIpc) is 3.38. The molecule has 4 aromatic carbocycles. The molecule has 0 spiro atoms. The number of benzene rings is 4. The van der Waals surface area contributed by atoms with Crippen molar-refractivity contribution in [3.05, 3.63) is 123 Å². The van der Waals surface area contributed by atoms with Gasteiger partial charge < -0.3 is 9.15 Å². The predicted molar refractivity (Wildman–Crippen MR) is 165 cm³/mol. The Morgan fingerprint density at radius 3 is 2.18 bits per heavy atom. The summed E-state index contributed by atoms with van der Waals surface area (Å²) in [5.41, 5.74) is 2.56. The van der Waals surface area contributed by atoms with Gasteiger partial charge in [-0.1, -0.05) is 36.4 Å². The highest BCUT2D eigenvalue weighted by Gasteiger charge is 2.35. The van der Waals surface area contributed by atoms with E-state index in [2.05, 4.69) is 0 Å². The Labute approximate surface area is 253 Å². The van der Waals surface area contributed by atoms with Crippen molar-refractivity contribution in [2.24, 2.45) is 0 Å². The number of rotatable bonds is 8. The third-order valence-corrected chi connectivity index (χ3v) is 9.09. The topological polar surface area (TPSA) is 137 Å². The lowest BCUT2D eigenvalue weighted by Gasteiger charge is -2.24. The van der Waals surface area contributed by atoms with E-state index in [0.29, 0.717) is 21.0 Å². The molecule has 11 heteroatoms. The molecule has 0 aliphatic heterocycles. The number of nitro groups is 1. The lowest BCUT2D eigenvalue weighted by Crippen LogP contribution is -2.37. The number of ether oxygens (including phenoxy) is 1. The maximum Gasteiger partial charge on any atom is 0.342 e. The summed E-state index contributed by atoms with van der Waals surface area (Å²) in [5, 5.41) is 11.5. The number of sulfonamides is 1. The Morgan fingerprint density at radius 1 is 0.886 bits per heavy atom. The summed E-state index contributed by atoms with van der Waals surface area (Å²) in [6.07, 6.45) is 0. The molecule has 0 saturated carbocycles. The number of non-ortho nitro benzene ring substituents is 1. The number of esters is 1. The monoisotopic (exact) mass is 612 g/mol. The highest BCUT2D eigenvalue weighted by atomic mass is 32.2. The largest absolute Gasteiger partial charge is 0.462 e. The SMILES string of the molecule is CCOC(=O)c1c(-c2ccccc2)oc2ccc(N(C(=O)c3ccc([N+](=O)[O-])cc3)S(=O)(=O)c3cc(C)c(C)cc3C)cc12. The number of hydrogen-bond donors (Lipinski definition) is 0. The highest BCUT2D eigenvalue weighted by molar-refractivity contribution is 7.93. The Bertz CT molecular complexity index is 2030. The van der Waals surface area contributed by atoms with Crippen molar-refractivity contribution in [3.63, 3.8) is 0 Å². The molecule has 0 fully saturated rings. The van der Waals surface area contributed by atoms with E-state index >= 15 is 0 Å². The van der Waals surface area contributed by atoms with Crippen molar-refractivity contribution in [2.45, 2.75) is 32.6 Å². The second kappa shape index (κ2) is 11.8. The molecule has 5 aromatic rings. The number of nitro benzene ring substituents is 1. The lowest BCUT2D eigenvalue weighted by molar-refractivity contribution is -0.384. The van der Waals surface area contributed by atoms with Gasteiger partial charge in [0.25, 0.3) is 21.6 Å². The summed E-state index contributed by atoms with van der Waals surface area (Å²) in [6.45, 7) is 7.01. The van der Waals surface area contributed by atoms with Gasteiger partial charge in [-0.05, 0) is 80.8 Å². The number of furan rings is 1. The highest BCUT2D eigenvalue weighted by Crippen LogP contribution is 2.38. The number of anilines is 1. The molecule has 1 amide bonds. The Hall–Kier alpha value is -5.29. The van der Waals surface area contributed by atoms with Crippen LogP contribution in [0.3, 0.4) is 0 Å². The number of nitrogens with zero attached hydrogens (tertiary/aromatic N) is 2. The van der Waals surface area contributed by atoms with Crippen LogP contribution >= 0.6 is 0 Å². The fourth-order valence-electron chi connectivity index (χ4n) is 4.93. The second-order valence-electron chi connectivity index (χ2n) is 10.2. The molecule has 0 aliphatic carbocycles. The molecular weight excluding hydrogens is 584 g/mol. The normalized spacial score (nSPS) is 11.4. The lowest BCUT2D eigenvalue weighted by atomic mass is 10.1. The van der Waals surface area contributed by atoms with Crippen molar-refractivity contribution >= 4 is 44.2 Å². The summed E-state index contributed by atoms with van der Waals surface area (Å²) in [4.78, 5) is 37.8. The first-order valence-corrected chi connectivity index (χ1v) is 15.1. The van der Waals surface area contributed by atoms with E-state index in [9.17, 15) is 28.1 Å². The van der Waals surface area contributed by atoms with Gasteiger partial charge >= 0.3 is 5.97 Å². The summed E-state index contributed by atoms with van der Waals surface area (Å²) in [5.74, 6) is -1.39. The van der Waals surface area contributed by atoms with Gasteiger partial charge in [0.15, 0.2) is 0 Å². The molecule has 0 N–H and O–H groups in total. The zero-order valence-corrected chi connectivity index (χ0v) is 25.2. The first-order chi connectivity index (χ1) is 20.9. The number of amides is 1. The smallest absolute Gasteiger partial charge is 0.342 e. The fraction of sp³-hybridized carbons (Fsp3) is 0.152. The quantitative estimate of drug-likeness (QED) is 0.102. The second-order valence-corrected chi connectivity index (χ2v) is 11.9. The molecule has 0 atom stereocenters. The summed E-state index contributed by atoms with van der Waals surface area (Å²) < 4.78 is 40.8. The molecular formula is C33H28N2O8S. The van der Waals surface area contributed by atoms with Crippen molar-refractivity contribution in [1.29, 1.82) is 0 Å². The van der Waals surface area contributed by atoms with Gasteiger partial charge in [0.1, 0.15) is 16.9 Å². The third kappa shape index (κ3) is 5.45. The van der Waals surface area contributed by atoms with E-state index < -0.39 is 26.8 Å². The van der Waals surface area contributed by atoms with Crippen LogP contribution in [0.15, 0.2) is 94.2 Å². The van der Waals surface area contributed by atoms with E-state index in [1.807, 2.05) is 13.0 Å². The van der Waals surface area contributed by atoms with Crippen LogP contribution in [0.5, 0.6) is 0 Å². The fourth-order valence-corrected chi connectivity index (χ4v) is 6.63. The van der Waals surface area contributed by atoms with Gasteiger partial charge in [0, 0.05) is 28.6 Å². The number of hydrogen-bond acceptors (Lipinski definition) is 8. The van der Waals surface area contributed by atoms with Gasteiger partial charge in [-0.2, -0.15) is 4.31 Å². The maximum absolute atomic E-state index is 14.4. The predicted octanol–water partition coefficient (Wildman–Crippen LogP) is 7.15. The Kier molecular flexibility index (Phi) is 8.07. The van der Waals surface area contributed by atoms with Gasteiger partial charge in [0.2, 0.25) is 0 Å². The average molecular weight is 613 g/mol. The van der Waals surface area contributed by atoms with Crippen LogP contribution in [-0.4, -0.2) is 31.8 Å². The number of carbonyl (C=O) groups is 2. The van der Waals surface area contributed by atoms with E-state index in [-0.39, 0.29) is 50.7 Å². The zero-order chi connectivity index (χ0) is 31.8. The van der Waals surface area contributed by atoms with Crippen molar-refractivity contribution in [3.8, 4) is 11.3 Å². The van der Waals surface area contributed by atoms with E-state index in [0.717, 1.165) is 17.7 Å². The molecule has 44 heavy (non-hydrogen) atoms. The molecule has 0 bridgehead atoms. The molecule has 0 radical (unpaired) electrons. The first kappa shape index (κ1) is 30.2. The molecule has 0 aliphatic rings. The third-order valence-electron chi connectivity index (χ3n) is 7.24. The van der Waals surface area contributed by atoms with Crippen LogP contribution in [0.2, 0.25) is 0 Å². The minimum absolute atomic E-state index is 0.0653. The van der Waals surface area contributed by atoms with E-state index in [1.165, 1.54) is 36.4 Å². The maximum atomic E-state index is 14.4. The van der Waals surface area contributed by atoms with Gasteiger partial charge in [-0.3, -0.25) is 14.9 Å². The number of carbonyl (C=O) groups excluding carboxylic acids is 2. The van der Waals surface area contributed by atoms with Crippen LogP contribution in [0, 0.1) is 30.9 Å². The van der Waals surface area contributed by atoms with Crippen LogP contribution in [0.4, 0.5) is 11.4 Å². The first-order valence-electron chi connectivity index (χ1n) is 13.6. The van der Waals surface area contributed by atoms with Gasteiger partial charge in [-0.25, -0.2) is 13.2 Å². The molecule has 1 aromatic heterocycles. The van der Waals surface area contributed by atoms with Crippen LogP contribution in [0.25, 0.3) is 22.3 Å². The van der Waals surface area contributed by atoms with Crippen LogP contribution in [0.1, 0.15) is 44.3 Å². The molecule has 0 unspecified atom stereocenters. The van der Waals surface area contributed by atoms with Crippen molar-refractivity contribution in [1.82, 2.24) is 0 Å². The summed E-state index contributed by atoms with van der Waals surface area (Å²) in [7, 11) is -4.55. The molecule has 10 nitrogen and oxygen atoms in total. The van der Waals surface area contributed by atoms with E-state index in [1.54, 1.807) is 51.1 Å². The summed E-state index contributed by atoms with van der Waals surface area (Å²) >= 11 is 0. The molecule has 5 rings (SSSR count). The van der Waals surface area contributed by atoms with E-state index in [4.69, 9.17) is 9.15 Å². The summed E-state index contributed by atoms with van der Waals surface area (Å²) in [6, 6.07) is 21.1. The number of aryl methyl sites for hydroxylation is 3. The van der Waals surface area contributed by atoms with Crippen molar-refractivity contribution in [2.75, 3.05) is 10.9 Å². The minimum atomic E-state index is -4.55. The Morgan fingerprint density at radius 2 is 1.55 bits per heavy atom. The van der Waals surface area contributed by atoms with Crippen molar-refractivity contribution < 1.29 is 32.1 Å². The molecule has 224 valence electrons. The van der Waals surface area contributed by atoms with Gasteiger partial charge in [-0.15, -0.1) is 0 Å². The zero-order valence-electron chi connectivity index (χ0n) is 24.4. The van der Waals surface area contributed by atoms with Gasteiger partial charge in [0.05, 0.1) is 22.1 Å².